The van der Waals surface area contributed by atoms with Crippen LogP contribution < -0.4 is 10.5 Å². The summed E-state index contributed by atoms with van der Waals surface area (Å²) in [6, 6.07) is 7.02. The number of nitriles is 2. The van der Waals surface area contributed by atoms with Gasteiger partial charge in [-0.3, -0.25) is 0 Å². The number of ether oxygens (including phenoxy) is 2. The Hall–Kier alpha value is -2.57. The van der Waals surface area contributed by atoms with Gasteiger partial charge in [-0.25, -0.2) is 0 Å². The molecular formula is C14H14N4O2. The van der Waals surface area contributed by atoms with Crippen molar-refractivity contribution in [3.63, 3.8) is 0 Å². The van der Waals surface area contributed by atoms with Crippen LogP contribution in [0, 0.1) is 22.8 Å². The van der Waals surface area contributed by atoms with Crippen LogP contribution in [-0.4, -0.2) is 25.2 Å². The van der Waals surface area contributed by atoms with E-state index in [1.165, 1.54) is 0 Å². The highest BCUT2D eigenvalue weighted by atomic mass is 16.5. The topological polar surface area (TPSA) is 104 Å². The predicted octanol–water partition coefficient (Wildman–Crippen LogP) is 1.30. The Morgan fingerprint density at radius 2 is 2.10 bits per heavy atom. The van der Waals surface area contributed by atoms with Gasteiger partial charge in [-0.2, -0.15) is 15.5 Å². The maximum Gasteiger partial charge on any atom is 0.207 e. The molecule has 1 heterocycles. The Morgan fingerprint density at radius 3 is 2.75 bits per heavy atom. The van der Waals surface area contributed by atoms with Crippen LogP contribution in [0.4, 0.5) is 0 Å². The van der Waals surface area contributed by atoms with E-state index in [-0.39, 0.29) is 11.9 Å². The highest BCUT2D eigenvalue weighted by Crippen LogP contribution is 2.23. The number of hydrogen-bond acceptors (Lipinski definition) is 5. The second kappa shape index (κ2) is 6.55. The zero-order chi connectivity index (χ0) is 14.4. The molecule has 1 saturated heterocycles. The predicted molar refractivity (Wildman–Crippen MR) is 72.0 cm³/mol. The summed E-state index contributed by atoms with van der Waals surface area (Å²) in [6.45, 7) is 1.35. The molecule has 2 rings (SSSR count). The number of aliphatic imine (C=N–C) groups is 1. The Balaban J connectivity index is 2.20. The highest BCUT2D eigenvalue weighted by Gasteiger charge is 2.17. The standard InChI is InChI=1S/C14H14N4O2/c15-8-11-7-10(14(17)18-9-16)1-2-13(11)20-12-3-5-19-6-4-12/h1-2,7,12H,3-6H2,(H2,17,18). The van der Waals surface area contributed by atoms with Crippen LogP contribution in [0.1, 0.15) is 24.0 Å². The van der Waals surface area contributed by atoms with Crippen molar-refractivity contribution >= 4 is 5.84 Å². The lowest BCUT2D eigenvalue weighted by atomic mass is 10.1. The Bertz CT molecular complexity index is 592. The van der Waals surface area contributed by atoms with Gasteiger partial charge in [0, 0.05) is 18.4 Å². The molecule has 0 atom stereocenters. The van der Waals surface area contributed by atoms with Crippen molar-refractivity contribution in [2.75, 3.05) is 13.2 Å². The van der Waals surface area contributed by atoms with Crippen molar-refractivity contribution in [2.24, 2.45) is 10.7 Å². The lowest BCUT2D eigenvalue weighted by Crippen LogP contribution is -2.26. The SMILES string of the molecule is N#CN=C(N)c1ccc(OC2CCOCC2)c(C#N)c1. The number of hydrogen-bond donors (Lipinski definition) is 1. The van der Waals surface area contributed by atoms with Gasteiger partial charge >= 0.3 is 0 Å². The highest BCUT2D eigenvalue weighted by molar-refractivity contribution is 5.98. The van der Waals surface area contributed by atoms with Crippen LogP contribution >= 0.6 is 0 Å². The molecule has 102 valence electrons. The molecule has 1 fully saturated rings. The number of nitrogens with two attached hydrogens (primary N) is 1. The molecular weight excluding hydrogens is 256 g/mol. The number of benzene rings is 1. The quantitative estimate of drug-likeness (QED) is 0.506. The zero-order valence-electron chi connectivity index (χ0n) is 10.9. The number of nitrogens with zero attached hydrogens (tertiary/aromatic N) is 3. The summed E-state index contributed by atoms with van der Waals surface area (Å²) in [6.07, 6.45) is 3.30. The molecule has 0 radical (unpaired) electrons. The van der Waals surface area contributed by atoms with Gasteiger partial charge in [0.1, 0.15) is 23.8 Å². The molecule has 6 nitrogen and oxygen atoms in total. The van der Waals surface area contributed by atoms with E-state index in [1.54, 1.807) is 24.4 Å². The van der Waals surface area contributed by atoms with Gasteiger partial charge in [-0.1, -0.05) is 0 Å². The average molecular weight is 270 g/mol. The lowest BCUT2D eigenvalue weighted by Gasteiger charge is -2.23. The van der Waals surface area contributed by atoms with E-state index >= 15 is 0 Å². The van der Waals surface area contributed by atoms with Crippen molar-refractivity contribution in [3.05, 3.63) is 29.3 Å². The van der Waals surface area contributed by atoms with Gasteiger partial charge in [0.2, 0.25) is 6.19 Å². The maximum atomic E-state index is 9.18. The first-order valence-corrected chi connectivity index (χ1v) is 6.25. The molecule has 1 aromatic carbocycles. The van der Waals surface area contributed by atoms with Crippen LogP contribution in [0.25, 0.3) is 0 Å². The molecule has 6 heteroatoms. The Kier molecular flexibility index (Phi) is 4.54. The van der Waals surface area contributed by atoms with Crippen LogP contribution in [0.2, 0.25) is 0 Å². The van der Waals surface area contributed by atoms with E-state index < -0.39 is 0 Å². The summed E-state index contributed by atoms with van der Waals surface area (Å²) in [5.74, 6) is 0.606. The number of amidine groups is 1. The first-order chi connectivity index (χ1) is 9.74. The summed E-state index contributed by atoms with van der Waals surface area (Å²) in [7, 11) is 0. The van der Waals surface area contributed by atoms with Crippen molar-refractivity contribution in [2.45, 2.75) is 18.9 Å². The van der Waals surface area contributed by atoms with Gasteiger partial charge in [0.25, 0.3) is 0 Å². The number of rotatable bonds is 3. The summed E-state index contributed by atoms with van der Waals surface area (Å²) in [5, 5.41) is 17.7. The third-order valence-corrected chi connectivity index (χ3v) is 3.03. The fourth-order valence-electron chi connectivity index (χ4n) is 1.97. The second-order valence-corrected chi connectivity index (χ2v) is 4.35. The van der Waals surface area contributed by atoms with E-state index in [2.05, 4.69) is 11.1 Å². The van der Waals surface area contributed by atoms with Gasteiger partial charge in [0.15, 0.2) is 0 Å². The largest absolute Gasteiger partial charge is 0.489 e. The molecule has 1 aromatic rings. The Labute approximate surface area is 117 Å². The molecule has 1 aliphatic heterocycles. The van der Waals surface area contributed by atoms with E-state index in [4.69, 9.17) is 20.5 Å². The molecule has 1 aliphatic rings. The van der Waals surface area contributed by atoms with Gasteiger partial charge in [0.05, 0.1) is 18.8 Å². The first-order valence-electron chi connectivity index (χ1n) is 6.25. The minimum Gasteiger partial charge on any atom is -0.489 e. The summed E-state index contributed by atoms with van der Waals surface area (Å²) in [5.41, 5.74) is 6.53. The van der Waals surface area contributed by atoms with Crippen LogP contribution in [0.3, 0.4) is 0 Å². The van der Waals surface area contributed by atoms with Crippen molar-refractivity contribution in [1.82, 2.24) is 0 Å². The van der Waals surface area contributed by atoms with Gasteiger partial charge in [-0.05, 0) is 18.2 Å². The summed E-state index contributed by atoms with van der Waals surface area (Å²) in [4.78, 5) is 3.45. The summed E-state index contributed by atoms with van der Waals surface area (Å²) >= 11 is 0. The average Bonchev–Trinajstić information content (AvgIpc) is 2.49. The molecule has 20 heavy (non-hydrogen) atoms. The van der Waals surface area contributed by atoms with E-state index in [0.717, 1.165) is 12.8 Å². The fraction of sp³-hybridized carbons (Fsp3) is 0.357. The monoisotopic (exact) mass is 270 g/mol. The molecule has 0 bridgehead atoms. The maximum absolute atomic E-state index is 9.18. The third-order valence-electron chi connectivity index (χ3n) is 3.03. The normalized spacial score (nSPS) is 16.2. The molecule has 0 saturated carbocycles. The minimum atomic E-state index is 0.0619. The molecule has 0 spiro atoms. The molecule has 2 N–H and O–H groups in total. The van der Waals surface area contributed by atoms with E-state index in [9.17, 15) is 5.26 Å². The molecule has 0 amide bonds. The molecule has 0 aromatic heterocycles. The van der Waals surface area contributed by atoms with Gasteiger partial charge in [-0.15, -0.1) is 0 Å². The third kappa shape index (κ3) is 3.25. The fourth-order valence-corrected chi connectivity index (χ4v) is 1.97. The van der Waals surface area contributed by atoms with E-state index in [0.29, 0.717) is 30.1 Å². The van der Waals surface area contributed by atoms with E-state index in [1.807, 2.05) is 0 Å². The van der Waals surface area contributed by atoms with Crippen molar-refractivity contribution < 1.29 is 9.47 Å². The second-order valence-electron chi connectivity index (χ2n) is 4.35. The van der Waals surface area contributed by atoms with Crippen molar-refractivity contribution in [1.29, 1.82) is 10.5 Å². The first kappa shape index (κ1) is 13.9. The smallest absolute Gasteiger partial charge is 0.207 e. The lowest BCUT2D eigenvalue weighted by molar-refractivity contribution is 0.0254. The van der Waals surface area contributed by atoms with Crippen LogP contribution in [0.15, 0.2) is 23.2 Å². The van der Waals surface area contributed by atoms with Crippen LogP contribution in [-0.2, 0) is 4.74 Å². The van der Waals surface area contributed by atoms with Crippen LogP contribution in [0.5, 0.6) is 5.75 Å². The molecule has 0 unspecified atom stereocenters. The minimum absolute atomic E-state index is 0.0619. The zero-order valence-corrected chi connectivity index (χ0v) is 10.9. The Morgan fingerprint density at radius 1 is 1.35 bits per heavy atom. The molecule has 0 aliphatic carbocycles. The van der Waals surface area contributed by atoms with Gasteiger partial charge < -0.3 is 15.2 Å². The van der Waals surface area contributed by atoms with Crippen molar-refractivity contribution in [3.8, 4) is 18.0 Å². The summed E-state index contributed by atoms with van der Waals surface area (Å²) < 4.78 is 11.1.